The van der Waals surface area contributed by atoms with Crippen molar-refractivity contribution in [3.63, 3.8) is 0 Å². The molecule has 0 spiro atoms. The standard InChI is InChI=1S/C26H27F3N6O2/c1-14-8-19(16-9-18(23(37-5)31-10-16)21(30-4)15-6-7-15)33-22-20(14)24(36)35(25(22,2)3)17-11-32-34(12-17)13-26(27,28)29/h8-12,30H,6-7,13H2,1-5H3. The van der Waals surface area contributed by atoms with E-state index in [1.165, 1.54) is 22.9 Å². The van der Waals surface area contributed by atoms with Gasteiger partial charge in [0.05, 0.1) is 47.0 Å². The molecule has 1 aliphatic carbocycles. The first-order valence-electron chi connectivity index (χ1n) is 11.8. The summed E-state index contributed by atoms with van der Waals surface area (Å²) in [6.45, 7) is 4.24. The number of aromatic nitrogens is 4. The third-order valence-electron chi connectivity index (χ3n) is 6.70. The van der Waals surface area contributed by atoms with Gasteiger partial charge < -0.3 is 10.1 Å². The molecular formula is C26H27F3N6O2. The Morgan fingerprint density at radius 3 is 2.57 bits per heavy atom. The minimum absolute atomic E-state index is 0.279. The number of carbonyl (C=O) groups is 1. The SMILES string of the molecule is CNC(=C1CC1)c1cc(-c2cc(C)c3c(n2)C(C)(C)N(c2cnn(CC(F)(F)F)c2)C3=O)cnc1OC. The topological polar surface area (TPSA) is 85.2 Å². The Kier molecular flexibility index (Phi) is 5.76. The average Bonchev–Trinajstić information content (AvgIpc) is 3.52. The molecule has 0 unspecified atom stereocenters. The van der Waals surface area contributed by atoms with Crippen LogP contribution in [0, 0.1) is 6.92 Å². The lowest BCUT2D eigenvalue weighted by Gasteiger charge is -2.30. The lowest BCUT2D eigenvalue weighted by Crippen LogP contribution is -2.39. The maximum Gasteiger partial charge on any atom is 0.408 e. The van der Waals surface area contributed by atoms with E-state index in [1.807, 2.05) is 40.0 Å². The lowest BCUT2D eigenvalue weighted by molar-refractivity contribution is -0.142. The van der Waals surface area contributed by atoms with Crippen molar-refractivity contribution in [2.24, 2.45) is 0 Å². The van der Waals surface area contributed by atoms with Crippen LogP contribution in [0.3, 0.4) is 0 Å². The van der Waals surface area contributed by atoms with Gasteiger partial charge >= 0.3 is 6.18 Å². The van der Waals surface area contributed by atoms with Crippen molar-refractivity contribution in [2.75, 3.05) is 19.1 Å². The Morgan fingerprint density at radius 2 is 1.95 bits per heavy atom. The fourth-order valence-corrected chi connectivity index (χ4v) is 4.93. The number of methoxy groups -OCH3 is 1. The second-order valence-electron chi connectivity index (χ2n) is 9.77. The largest absolute Gasteiger partial charge is 0.481 e. The molecule has 0 bridgehead atoms. The minimum atomic E-state index is -4.42. The van der Waals surface area contributed by atoms with E-state index in [1.54, 1.807) is 13.3 Å². The van der Waals surface area contributed by atoms with Crippen LogP contribution < -0.4 is 15.0 Å². The molecule has 37 heavy (non-hydrogen) atoms. The summed E-state index contributed by atoms with van der Waals surface area (Å²) in [6, 6.07) is 3.81. The highest BCUT2D eigenvalue weighted by atomic mass is 19.4. The van der Waals surface area contributed by atoms with Crippen molar-refractivity contribution in [2.45, 2.75) is 51.9 Å². The number of hydrogen-bond acceptors (Lipinski definition) is 6. The third kappa shape index (κ3) is 4.32. The molecule has 194 valence electrons. The number of hydrogen-bond donors (Lipinski definition) is 1. The molecule has 3 aromatic heterocycles. The lowest BCUT2D eigenvalue weighted by atomic mass is 9.95. The van der Waals surface area contributed by atoms with Crippen LogP contribution in [0.5, 0.6) is 5.88 Å². The molecule has 1 saturated carbocycles. The average molecular weight is 513 g/mol. The van der Waals surface area contributed by atoms with Gasteiger partial charge in [0, 0.05) is 30.7 Å². The molecule has 0 atom stereocenters. The number of nitrogens with zero attached hydrogens (tertiary/aromatic N) is 5. The molecule has 3 aromatic rings. The first kappa shape index (κ1) is 24.8. The normalized spacial score (nSPS) is 16.2. The molecule has 1 amide bonds. The smallest absolute Gasteiger partial charge is 0.408 e. The second-order valence-corrected chi connectivity index (χ2v) is 9.77. The zero-order valence-corrected chi connectivity index (χ0v) is 21.2. The summed E-state index contributed by atoms with van der Waals surface area (Å²) in [5.74, 6) is 0.176. The third-order valence-corrected chi connectivity index (χ3v) is 6.70. The maximum atomic E-state index is 13.5. The quantitative estimate of drug-likeness (QED) is 0.509. The zero-order chi connectivity index (χ0) is 26.7. The van der Waals surface area contributed by atoms with Crippen molar-refractivity contribution in [3.05, 3.63) is 58.7 Å². The number of halogens is 3. The highest BCUT2D eigenvalue weighted by Crippen LogP contribution is 2.44. The van der Waals surface area contributed by atoms with E-state index in [2.05, 4.69) is 15.4 Å². The van der Waals surface area contributed by atoms with Crippen LogP contribution in [0.1, 0.15) is 53.9 Å². The predicted octanol–water partition coefficient (Wildman–Crippen LogP) is 4.84. The van der Waals surface area contributed by atoms with E-state index >= 15 is 0 Å². The fraction of sp³-hybridized carbons (Fsp3) is 0.385. The van der Waals surface area contributed by atoms with E-state index < -0.39 is 18.3 Å². The highest BCUT2D eigenvalue weighted by Gasteiger charge is 2.47. The van der Waals surface area contributed by atoms with Crippen LogP contribution in [0.2, 0.25) is 0 Å². The first-order chi connectivity index (χ1) is 17.4. The molecule has 1 aliphatic heterocycles. The Hall–Kier alpha value is -3.89. The van der Waals surface area contributed by atoms with E-state index in [4.69, 9.17) is 9.72 Å². The van der Waals surface area contributed by atoms with Gasteiger partial charge in [-0.25, -0.2) is 9.97 Å². The number of aryl methyl sites for hydroxylation is 1. The Morgan fingerprint density at radius 1 is 1.22 bits per heavy atom. The van der Waals surface area contributed by atoms with Gasteiger partial charge in [-0.2, -0.15) is 18.3 Å². The van der Waals surface area contributed by atoms with Crippen molar-refractivity contribution in [1.29, 1.82) is 0 Å². The molecule has 4 heterocycles. The van der Waals surface area contributed by atoms with E-state index in [0.717, 1.165) is 39.9 Å². The maximum absolute atomic E-state index is 13.5. The summed E-state index contributed by atoms with van der Waals surface area (Å²) < 4.78 is 44.9. The zero-order valence-electron chi connectivity index (χ0n) is 21.2. The van der Waals surface area contributed by atoms with Gasteiger partial charge in [0.1, 0.15) is 6.54 Å². The molecule has 1 N–H and O–H groups in total. The molecule has 0 aromatic carbocycles. The molecule has 0 saturated heterocycles. The summed E-state index contributed by atoms with van der Waals surface area (Å²) >= 11 is 0. The monoisotopic (exact) mass is 512 g/mol. The molecule has 0 radical (unpaired) electrons. The Balaban J connectivity index is 1.57. The van der Waals surface area contributed by atoms with Gasteiger partial charge in [0.25, 0.3) is 5.91 Å². The van der Waals surface area contributed by atoms with E-state index in [-0.39, 0.29) is 11.6 Å². The molecule has 1 fully saturated rings. The number of pyridine rings is 2. The summed E-state index contributed by atoms with van der Waals surface area (Å²) in [5, 5.41) is 7.07. The van der Waals surface area contributed by atoms with Crippen LogP contribution in [0.25, 0.3) is 17.0 Å². The number of amides is 1. The molecular weight excluding hydrogens is 485 g/mol. The summed E-state index contributed by atoms with van der Waals surface area (Å²) in [7, 11) is 3.44. The van der Waals surface area contributed by atoms with Crippen LogP contribution >= 0.6 is 0 Å². The molecule has 5 rings (SSSR count). The number of alkyl halides is 3. The van der Waals surface area contributed by atoms with Crippen molar-refractivity contribution >= 4 is 17.3 Å². The number of nitrogens with one attached hydrogen (secondary N) is 1. The summed E-state index contributed by atoms with van der Waals surface area (Å²) in [4.78, 5) is 24.4. The Bertz CT molecular complexity index is 1430. The van der Waals surface area contributed by atoms with Crippen molar-refractivity contribution in [1.82, 2.24) is 25.1 Å². The fourth-order valence-electron chi connectivity index (χ4n) is 4.93. The van der Waals surface area contributed by atoms with Crippen LogP contribution in [-0.4, -0.2) is 46.0 Å². The number of ether oxygens (including phenoxy) is 1. The number of rotatable bonds is 6. The summed E-state index contributed by atoms with van der Waals surface area (Å²) in [5.41, 5.74) is 5.58. The van der Waals surface area contributed by atoms with Crippen LogP contribution in [0.15, 0.2) is 36.3 Å². The number of carbonyl (C=O) groups excluding carboxylic acids is 1. The van der Waals surface area contributed by atoms with Gasteiger partial charge in [0.15, 0.2) is 0 Å². The van der Waals surface area contributed by atoms with Crippen molar-refractivity contribution < 1.29 is 22.7 Å². The molecule has 11 heteroatoms. The van der Waals surface area contributed by atoms with Gasteiger partial charge in [-0.3, -0.25) is 14.4 Å². The van der Waals surface area contributed by atoms with Gasteiger partial charge in [-0.15, -0.1) is 0 Å². The molecule has 8 nitrogen and oxygen atoms in total. The summed E-state index contributed by atoms with van der Waals surface area (Å²) in [6.07, 6.45) is 1.82. The Labute approximate surface area is 212 Å². The van der Waals surface area contributed by atoms with Gasteiger partial charge in [-0.1, -0.05) is 0 Å². The minimum Gasteiger partial charge on any atom is -0.481 e. The van der Waals surface area contributed by atoms with Crippen molar-refractivity contribution in [3.8, 4) is 17.1 Å². The second kappa shape index (κ2) is 8.60. The predicted molar refractivity (Wildman–Crippen MR) is 132 cm³/mol. The van der Waals surface area contributed by atoms with Crippen LogP contribution in [-0.2, 0) is 12.1 Å². The van der Waals surface area contributed by atoms with Gasteiger partial charge in [-0.05, 0) is 56.9 Å². The van der Waals surface area contributed by atoms with E-state index in [0.29, 0.717) is 22.8 Å². The van der Waals surface area contributed by atoms with E-state index in [9.17, 15) is 18.0 Å². The number of anilines is 1. The number of allylic oxidation sites excluding steroid dienone is 1. The highest BCUT2D eigenvalue weighted by molar-refractivity contribution is 6.12. The van der Waals surface area contributed by atoms with Crippen LogP contribution in [0.4, 0.5) is 18.9 Å². The number of fused-ring (bicyclic) bond motifs is 1. The first-order valence-corrected chi connectivity index (χ1v) is 11.8. The van der Waals surface area contributed by atoms with Gasteiger partial charge in [0.2, 0.25) is 5.88 Å². The molecule has 2 aliphatic rings.